The van der Waals surface area contributed by atoms with Crippen molar-refractivity contribution in [2.24, 2.45) is 0 Å². The zero-order valence-corrected chi connectivity index (χ0v) is 16.1. The van der Waals surface area contributed by atoms with E-state index in [4.69, 9.17) is 21.4 Å². The van der Waals surface area contributed by atoms with Gasteiger partial charge in [0.15, 0.2) is 0 Å². The van der Waals surface area contributed by atoms with Gasteiger partial charge in [-0.1, -0.05) is 60.7 Å². The van der Waals surface area contributed by atoms with Crippen molar-refractivity contribution in [3.05, 3.63) is 84.9 Å². The molecule has 142 valence electrons. The lowest BCUT2D eigenvalue weighted by Crippen LogP contribution is -1.99. The van der Waals surface area contributed by atoms with E-state index >= 15 is 0 Å². The Morgan fingerprint density at radius 1 is 0.500 bits per heavy atom. The molecule has 4 N–H and O–H groups in total. The molecule has 2 aromatic heterocycles. The number of nitrogens with two attached hydrogens (primary N) is 2. The van der Waals surface area contributed by atoms with Gasteiger partial charge in [-0.3, -0.25) is 0 Å². The van der Waals surface area contributed by atoms with Crippen LogP contribution in [0.25, 0.3) is 55.1 Å². The molecule has 4 aromatic carbocycles. The normalized spacial score (nSPS) is 11.6. The third-order valence-electron chi connectivity index (χ3n) is 5.60. The molecule has 0 aliphatic heterocycles. The van der Waals surface area contributed by atoms with Crippen LogP contribution in [0.5, 0.6) is 0 Å². The molecule has 4 heteroatoms. The van der Waals surface area contributed by atoms with E-state index in [1.807, 2.05) is 60.7 Å². The fourth-order valence-electron chi connectivity index (χ4n) is 4.37. The van der Waals surface area contributed by atoms with Crippen LogP contribution in [0.3, 0.4) is 0 Å². The molecule has 0 aliphatic carbocycles. The average Bonchev–Trinajstić information content (AvgIpc) is 2.77. The zero-order valence-electron chi connectivity index (χ0n) is 16.1. The van der Waals surface area contributed by atoms with Gasteiger partial charge in [0.05, 0.1) is 22.4 Å². The molecular formula is C26H18N4. The van der Waals surface area contributed by atoms with Crippen LogP contribution in [0.2, 0.25) is 0 Å². The Hall–Kier alpha value is -4.18. The number of pyridine rings is 2. The van der Waals surface area contributed by atoms with Crippen LogP contribution in [-0.4, -0.2) is 9.97 Å². The maximum atomic E-state index is 6.30. The lowest BCUT2D eigenvalue weighted by molar-refractivity contribution is 1.40. The van der Waals surface area contributed by atoms with Gasteiger partial charge in [0.25, 0.3) is 0 Å². The Morgan fingerprint density at radius 2 is 0.900 bits per heavy atom. The summed E-state index contributed by atoms with van der Waals surface area (Å²) in [5, 5.41) is 4.15. The van der Waals surface area contributed by atoms with Crippen molar-refractivity contribution in [2.75, 3.05) is 11.5 Å². The molecule has 0 bridgehead atoms. The van der Waals surface area contributed by atoms with Gasteiger partial charge >= 0.3 is 0 Å². The fraction of sp³-hybridized carbons (Fsp3) is 0. The Labute approximate surface area is 173 Å². The Bertz CT molecular complexity index is 1420. The predicted molar refractivity (Wildman–Crippen MR) is 125 cm³/mol. The first kappa shape index (κ1) is 16.7. The van der Waals surface area contributed by atoms with Crippen LogP contribution in [0.15, 0.2) is 84.9 Å². The third-order valence-corrected chi connectivity index (χ3v) is 5.60. The topological polar surface area (TPSA) is 77.8 Å². The van der Waals surface area contributed by atoms with Gasteiger partial charge in [0, 0.05) is 44.0 Å². The first-order valence-corrected chi connectivity index (χ1v) is 9.85. The number of nitrogen functional groups attached to an aromatic ring is 2. The van der Waals surface area contributed by atoms with Crippen molar-refractivity contribution in [2.45, 2.75) is 0 Å². The van der Waals surface area contributed by atoms with Crippen molar-refractivity contribution < 1.29 is 0 Å². The van der Waals surface area contributed by atoms with Crippen molar-refractivity contribution in [1.82, 2.24) is 9.97 Å². The zero-order chi connectivity index (χ0) is 20.2. The van der Waals surface area contributed by atoms with Gasteiger partial charge in [0.2, 0.25) is 0 Å². The van der Waals surface area contributed by atoms with Gasteiger partial charge in [-0.15, -0.1) is 0 Å². The monoisotopic (exact) mass is 386 g/mol. The molecule has 4 nitrogen and oxygen atoms in total. The van der Waals surface area contributed by atoms with E-state index in [1.54, 1.807) is 0 Å². The number of hydrogen-bond donors (Lipinski definition) is 2. The maximum absolute atomic E-state index is 6.30. The van der Waals surface area contributed by atoms with Crippen LogP contribution >= 0.6 is 0 Å². The summed E-state index contributed by atoms with van der Waals surface area (Å²) in [7, 11) is 0. The predicted octanol–water partition coefficient (Wildman–Crippen LogP) is 5.87. The molecule has 0 saturated heterocycles. The molecule has 0 spiro atoms. The van der Waals surface area contributed by atoms with Gasteiger partial charge in [-0.2, -0.15) is 0 Å². The Kier molecular flexibility index (Phi) is 3.44. The first-order chi connectivity index (χ1) is 14.7. The van der Waals surface area contributed by atoms with Gasteiger partial charge in [0.1, 0.15) is 0 Å². The van der Waals surface area contributed by atoms with Crippen molar-refractivity contribution in [3.8, 4) is 22.5 Å². The summed E-state index contributed by atoms with van der Waals surface area (Å²) in [5.41, 5.74) is 19.5. The first-order valence-electron chi connectivity index (χ1n) is 9.85. The number of rotatable bonds is 2. The summed E-state index contributed by atoms with van der Waals surface area (Å²) >= 11 is 0. The highest BCUT2D eigenvalue weighted by atomic mass is 14.8. The van der Waals surface area contributed by atoms with Crippen molar-refractivity contribution in [1.29, 1.82) is 0 Å². The summed E-state index contributed by atoms with van der Waals surface area (Å²) in [4.78, 5) is 10.1. The van der Waals surface area contributed by atoms with Gasteiger partial charge < -0.3 is 11.5 Å². The molecule has 0 aliphatic rings. The van der Waals surface area contributed by atoms with Crippen LogP contribution in [0.4, 0.5) is 11.4 Å². The lowest BCUT2D eigenvalue weighted by Gasteiger charge is -2.17. The Morgan fingerprint density at radius 3 is 1.30 bits per heavy atom. The molecule has 2 heterocycles. The standard InChI is InChI=1S/C26H18N4/c27-17-11-19-23-22(14-17)30-26(16-9-5-2-6-10-16)20-12-18(28)13-21(24(20)23)29-25(19)15-7-3-1-4-8-15/h1-14H,27-28H2. The minimum atomic E-state index is 0.672. The Balaban J connectivity index is 1.85. The van der Waals surface area contributed by atoms with Crippen molar-refractivity contribution >= 4 is 44.0 Å². The number of aromatic nitrogens is 2. The molecule has 30 heavy (non-hydrogen) atoms. The highest BCUT2D eigenvalue weighted by molar-refractivity contribution is 6.27. The van der Waals surface area contributed by atoms with E-state index in [2.05, 4.69) is 24.3 Å². The number of hydrogen-bond acceptors (Lipinski definition) is 4. The summed E-state index contributed by atoms with van der Waals surface area (Å²) in [5.74, 6) is 0. The van der Waals surface area contributed by atoms with E-state index in [0.717, 1.165) is 55.1 Å². The number of nitrogens with zero attached hydrogens (tertiary/aromatic N) is 2. The highest BCUT2D eigenvalue weighted by Crippen LogP contribution is 2.42. The van der Waals surface area contributed by atoms with E-state index in [-0.39, 0.29) is 0 Å². The minimum absolute atomic E-state index is 0.672. The largest absolute Gasteiger partial charge is 0.399 e. The van der Waals surface area contributed by atoms with E-state index in [1.165, 1.54) is 0 Å². The van der Waals surface area contributed by atoms with E-state index in [9.17, 15) is 0 Å². The number of anilines is 2. The van der Waals surface area contributed by atoms with Crippen LogP contribution < -0.4 is 11.5 Å². The highest BCUT2D eigenvalue weighted by Gasteiger charge is 2.19. The minimum Gasteiger partial charge on any atom is -0.399 e. The number of benzene rings is 4. The second-order valence-corrected chi connectivity index (χ2v) is 7.58. The molecule has 0 amide bonds. The molecule has 0 radical (unpaired) electrons. The smallest absolute Gasteiger partial charge is 0.0789 e. The lowest BCUT2D eigenvalue weighted by atomic mass is 9.93. The van der Waals surface area contributed by atoms with E-state index < -0.39 is 0 Å². The molecule has 0 saturated carbocycles. The van der Waals surface area contributed by atoms with E-state index in [0.29, 0.717) is 11.4 Å². The summed E-state index contributed by atoms with van der Waals surface area (Å²) in [6, 6.07) is 28.2. The van der Waals surface area contributed by atoms with Crippen LogP contribution in [-0.2, 0) is 0 Å². The SMILES string of the molecule is Nc1cc2nc(-c3ccccc3)c3cc(N)cc4nc(-c5ccccc5)c(c1)c2c43. The molecule has 6 aromatic rings. The van der Waals surface area contributed by atoms with Crippen molar-refractivity contribution in [3.63, 3.8) is 0 Å². The fourth-order valence-corrected chi connectivity index (χ4v) is 4.37. The maximum Gasteiger partial charge on any atom is 0.0789 e. The van der Waals surface area contributed by atoms with Crippen LogP contribution in [0.1, 0.15) is 0 Å². The third kappa shape index (κ3) is 2.40. The van der Waals surface area contributed by atoms with Gasteiger partial charge in [-0.25, -0.2) is 9.97 Å². The molecule has 0 unspecified atom stereocenters. The molecule has 6 rings (SSSR count). The summed E-state index contributed by atoms with van der Waals surface area (Å²) in [6.45, 7) is 0. The molecule has 0 atom stereocenters. The quantitative estimate of drug-likeness (QED) is 0.288. The molecular weight excluding hydrogens is 368 g/mol. The van der Waals surface area contributed by atoms with Crippen LogP contribution in [0, 0.1) is 0 Å². The average molecular weight is 386 g/mol. The second kappa shape index (κ2) is 6.16. The van der Waals surface area contributed by atoms with Gasteiger partial charge in [-0.05, 0) is 24.3 Å². The molecule has 0 fully saturated rings. The summed E-state index contributed by atoms with van der Waals surface area (Å²) in [6.07, 6.45) is 0. The summed E-state index contributed by atoms with van der Waals surface area (Å²) < 4.78 is 0. The second-order valence-electron chi connectivity index (χ2n) is 7.58.